The summed E-state index contributed by atoms with van der Waals surface area (Å²) in [4.78, 5) is 29.7. The summed E-state index contributed by atoms with van der Waals surface area (Å²) < 4.78 is 1.82. The van der Waals surface area contributed by atoms with Crippen molar-refractivity contribution in [3.8, 4) is 11.3 Å². The average molecular weight is 574 g/mol. The summed E-state index contributed by atoms with van der Waals surface area (Å²) in [6.07, 6.45) is 1.71. The first kappa shape index (κ1) is 26.9. The summed E-state index contributed by atoms with van der Waals surface area (Å²) in [5, 5.41) is 18.3. The van der Waals surface area contributed by atoms with Crippen LogP contribution in [-0.4, -0.2) is 37.3 Å². The molecule has 0 unspecified atom stereocenters. The number of hydrogen-bond donors (Lipinski definition) is 2. The third kappa shape index (κ3) is 6.98. The second-order valence-corrected chi connectivity index (χ2v) is 10.5. The fourth-order valence-corrected chi connectivity index (χ4v) is 5.09. The highest BCUT2D eigenvalue weighted by Crippen LogP contribution is 2.27. The second-order valence-electron chi connectivity index (χ2n) is 7.82. The summed E-state index contributed by atoms with van der Waals surface area (Å²) in [6.45, 7) is 6.04. The predicted molar refractivity (Wildman–Crippen MR) is 149 cm³/mol. The Kier molecular flexibility index (Phi) is 8.99. The van der Waals surface area contributed by atoms with Gasteiger partial charge in [-0.2, -0.15) is 0 Å². The Morgan fingerprint density at radius 2 is 1.78 bits per heavy atom. The van der Waals surface area contributed by atoms with Crippen LogP contribution in [0, 0.1) is 0 Å². The number of nitrogens with zero attached hydrogens (tertiary/aromatic N) is 4. The second kappa shape index (κ2) is 12.4. The van der Waals surface area contributed by atoms with Crippen molar-refractivity contribution in [3.63, 3.8) is 0 Å². The van der Waals surface area contributed by atoms with E-state index in [0.717, 1.165) is 11.3 Å². The number of nitrogens with one attached hydrogen (secondary N) is 2. The Balaban J connectivity index is 1.37. The molecule has 8 nitrogen and oxygen atoms in total. The summed E-state index contributed by atoms with van der Waals surface area (Å²) in [7, 11) is 0. The number of benzene rings is 2. The van der Waals surface area contributed by atoms with E-state index in [2.05, 4.69) is 32.4 Å². The van der Waals surface area contributed by atoms with Crippen molar-refractivity contribution < 1.29 is 9.59 Å². The molecule has 2 N–H and O–H groups in total. The zero-order valence-corrected chi connectivity index (χ0v) is 22.8. The van der Waals surface area contributed by atoms with Crippen LogP contribution < -0.4 is 10.6 Å². The molecular formula is C25H22Cl2N6O2S2. The van der Waals surface area contributed by atoms with Gasteiger partial charge in [0.15, 0.2) is 16.1 Å². The molecule has 0 aliphatic heterocycles. The van der Waals surface area contributed by atoms with Gasteiger partial charge in [-0.25, -0.2) is 4.98 Å². The first-order chi connectivity index (χ1) is 17.8. The molecule has 12 heteroatoms. The van der Waals surface area contributed by atoms with Crippen molar-refractivity contribution in [1.29, 1.82) is 0 Å². The zero-order chi connectivity index (χ0) is 26.4. The molecule has 4 aromatic rings. The third-order valence-corrected chi connectivity index (χ3v) is 7.35. The van der Waals surface area contributed by atoms with Crippen LogP contribution in [0.5, 0.6) is 0 Å². The molecule has 2 heterocycles. The van der Waals surface area contributed by atoms with Crippen molar-refractivity contribution in [3.05, 3.63) is 88.0 Å². The number of carbonyl (C=O) groups is 2. The Morgan fingerprint density at radius 1 is 1.11 bits per heavy atom. The minimum atomic E-state index is -0.430. The Bertz CT molecular complexity index is 1400. The van der Waals surface area contributed by atoms with E-state index in [1.54, 1.807) is 42.5 Å². The molecule has 2 aromatic carbocycles. The van der Waals surface area contributed by atoms with Gasteiger partial charge in [0.1, 0.15) is 0 Å². The largest absolute Gasteiger partial charge is 0.342 e. The van der Waals surface area contributed by atoms with Gasteiger partial charge in [0.05, 0.1) is 17.5 Å². The van der Waals surface area contributed by atoms with Crippen LogP contribution in [0.15, 0.2) is 71.7 Å². The predicted octanol–water partition coefficient (Wildman–Crippen LogP) is 6.12. The van der Waals surface area contributed by atoms with E-state index >= 15 is 0 Å². The molecule has 2 aromatic heterocycles. The topological polar surface area (TPSA) is 102 Å². The van der Waals surface area contributed by atoms with Crippen LogP contribution in [0.4, 0.5) is 5.13 Å². The minimum Gasteiger partial charge on any atom is -0.342 e. The lowest BCUT2D eigenvalue weighted by Crippen LogP contribution is -2.28. The van der Waals surface area contributed by atoms with E-state index in [9.17, 15) is 9.59 Å². The number of hydrogen-bond acceptors (Lipinski definition) is 7. The van der Waals surface area contributed by atoms with Crippen LogP contribution in [-0.2, 0) is 11.3 Å². The summed E-state index contributed by atoms with van der Waals surface area (Å²) in [5.41, 5.74) is 2.16. The number of allylic oxidation sites excluding steroid dienone is 1. The number of halogens is 2. The number of aromatic nitrogens is 4. The van der Waals surface area contributed by atoms with Gasteiger partial charge in [0.25, 0.3) is 5.91 Å². The van der Waals surface area contributed by atoms with Gasteiger partial charge >= 0.3 is 0 Å². The van der Waals surface area contributed by atoms with E-state index in [1.165, 1.54) is 23.1 Å². The maximum absolute atomic E-state index is 12.6. The molecule has 190 valence electrons. The smallest absolute Gasteiger partial charge is 0.251 e. The van der Waals surface area contributed by atoms with E-state index in [4.69, 9.17) is 23.2 Å². The molecule has 0 bridgehead atoms. The molecule has 0 saturated heterocycles. The van der Waals surface area contributed by atoms with Crippen molar-refractivity contribution in [1.82, 2.24) is 25.1 Å². The van der Waals surface area contributed by atoms with Gasteiger partial charge in [0.2, 0.25) is 5.91 Å². The maximum atomic E-state index is 12.6. The van der Waals surface area contributed by atoms with E-state index < -0.39 is 6.04 Å². The Morgan fingerprint density at radius 3 is 2.46 bits per heavy atom. The van der Waals surface area contributed by atoms with Gasteiger partial charge in [0, 0.05) is 33.1 Å². The lowest BCUT2D eigenvalue weighted by atomic mass is 10.2. The van der Waals surface area contributed by atoms with E-state index in [0.29, 0.717) is 38.3 Å². The Hall–Kier alpha value is -3.18. The highest BCUT2D eigenvalue weighted by Gasteiger charge is 2.21. The fourth-order valence-electron chi connectivity index (χ4n) is 3.34. The normalized spacial score (nSPS) is 11.6. The minimum absolute atomic E-state index is 0.108. The van der Waals surface area contributed by atoms with Crippen LogP contribution in [0.1, 0.15) is 29.1 Å². The van der Waals surface area contributed by atoms with Gasteiger partial charge in [-0.1, -0.05) is 53.2 Å². The molecule has 0 saturated carbocycles. The van der Waals surface area contributed by atoms with Crippen LogP contribution >= 0.6 is 46.3 Å². The number of rotatable bonds is 10. The molecule has 0 spiro atoms. The summed E-state index contributed by atoms with van der Waals surface area (Å²) >= 11 is 14.4. The molecule has 1 atom stereocenters. The van der Waals surface area contributed by atoms with Crippen LogP contribution in [0.3, 0.4) is 0 Å². The molecular weight excluding hydrogens is 551 g/mol. The van der Waals surface area contributed by atoms with Crippen molar-refractivity contribution in [2.45, 2.75) is 24.7 Å². The molecule has 0 aliphatic rings. The zero-order valence-electron chi connectivity index (χ0n) is 19.6. The molecule has 0 radical (unpaired) electrons. The highest BCUT2D eigenvalue weighted by molar-refractivity contribution is 7.99. The lowest BCUT2D eigenvalue weighted by molar-refractivity contribution is -0.113. The SMILES string of the molecule is C=CCn1c(SCC(=O)Nc2nc(-c3ccc(Cl)cc3)cs2)nnc1[C@@H](C)NC(=O)c1ccc(Cl)cc1. The first-order valence-corrected chi connectivity index (χ1v) is 13.7. The molecule has 0 aliphatic carbocycles. The van der Waals surface area contributed by atoms with Gasteiger partial charge in [-0.3, -0.25) is 9.59 Å². The van der Waals surface area contributed by atoms with Gasteiger partial charge in [-0.15, -0.1) is 28.1 Å². The number of thiazole rings is 1. The monoisotopic (exact) mass is 572 g/mol. The highest BCUT2D eigenvalue weighted by atomic mass is 35.5. The molecule has 4 rings (SSSR count). The Labute approximate surface area is 232 Å². The van der Waals surface area contributed by atoms with E-state index in [-0.39, 0.29) is 17.6 Å². The molecule has 2 amide bonds. The number of anilines is 1. The number of amides is 2. The molecule has 0 fully saturated rings. The van der Waals surface area contributed by atoms with Crippen LogP contribution in [0.2, 0.25) is 10.0 Å². The first-order valence-electron chi connectivity index (χ1n) is 11.1. The van der Waals surface area contributed by atoms with Crippen molar-refractivity contribution in [2.24, 2.45) is 0 Å². The fraction of sp³-hybridized carbons (Fsp3) is 0.160. The van der Waals surface area contributed by atoms with Crippen LogP contribution in [0.25, 0.3) is 11.3 Å². The maximum Gasteiger partial charge on any atom is 0.251 e. The quantitative estimate of drug-likeness (QED) is 0.175. The van der Waals surface area contributed by atoms with Gasteiger partial charge < -0.3 is 15.2 Å². The number of carbonyl (C=O) groups excluding carboxylic acids is 2. The summed E-state index contributed by atoms with van der Waals surface area (Å²) in [6, 6.07) is 13.5. The lowest BCUT2D eigenvalue weighted by Gasteiger charge is -2.15. The number of thioether (sulfide) groups is 1. The molecule has 37 heavy (non-hydrogen) atoms. The van der Waals surface area contributed by atoms with E-state index in [1.807, 2.05) is 29.0 Å². The summed E-state index contributed by atoms with van der Waals surface area (Å²) in [5.74, 6) is 0.183. The average Bonchev–Trinajstić information content (AvgIpc) is 3.51. The third-order valence-electron chi connectivity index (χ3n) is 5.12. The van der Waals surface area contributed by atoms with Gasteiger partial charge in [-0.05, 0) is 43.3 Å². The van der Waals surface area contributed by atoms with Crippen molar-refractivity contribution in [2.75, 3.05) is 11.1 Å². The van der Waals surface area contributed by atoms with Crippen molar-refractivity contribution >= 4 is 63.2 Å². The standard InChI is InChI=1S/C25H22Cl2N6O2S2/c1-3-12-33-22(15(2)28-23(35)17-6-10-19(27)11-7-17)31-32-25(33)37-14-21(34)30-24-29-20(13-36-24)16-4-8-18(26)9-5-16/h3-11,13,15H,1,12,14H2,2H3,(H,28,35)(H,29,30,34)/t15-/m1/s1.